The second-order valence-electron chi connectivity index (χ2n) is 6.92. The van der Waals surface area contributed by atoms with Crippen molar-refractivity contribution in [2.24, 2.45) is 0 Å². The molecule has 0 saturated heterocycles. The van der Waals surface area contributed by atoms with E-state index in [1.807, 2.05) is 6.07 Å². The standard InChI is InChI=1S/C24H18Cl2N2O4/c1-31-19-11-17(12-20(13-19)32-2)27-22-21(14-6-4-3-5-7-14)23(29)28(24(22)30)18-9-15(25)8-16(26)10-18/h3-13,27H,1-2H3. The van der Waals surface area contributed by atoms with Gasteiger partial charge in [-0.3, -0.25) is 9.59 Å². The predicted octanol–water partition coefficient (Wildman–Crippen LogP) is 5.41. The molecule has 162 valence electrons. The zero-order valence-corrected chi connectivity index (χ0v) is 18.7. The van der Waals surface area contributed by atoms with Gasteiger partial charge in [0, 0.05) is 33.9 Å². The molecular weight excluding hydrogens is 451 g/mol. The first kappa shape index (κ1) is 21.7. The van der Waals surface area contributed by atoms with Gasteiger partial charge in [0.2, 0.25) is 0 Å². The third-order valence-corrected chi connectivity index (χ3v) is 5.31. The van der Waals surface area contributed by atoms with Crippen LogP contribution >= 0.6 is 23.2 Å². The molecule has 8 heteroatoms. The Labute approximate surface area is 195 Å². The molecule has 3 aromatic rings. The number of methoxy groups -OCH3 is 2. The molecular formula is C24H18Cl2N2O4. The highest BCUT2D eigenvalue weighted by Crippen LogP contribution is 2.36. The van der Waals surface area contributed by atoms with Crippen molar-refractivity contribution < 1.29 is 19.1 Å². The molecule has 1 N–H and O–H groups in total. The van der Waals surface area contributed by atoms with Crippen molar-refractivity contribution in [1.29, 1.82) is 0 Å². The average Bonchev–Trinajstić information content (AvgIpc) is 3.02. The van der Waals surface area contributed by atoms with Crippen LogP contribution in [0.3, 0.4) is 0 Å². The SMILES string of the molecule is COc1cc(NC2=C(c3ccccc3)C(=O)N(c3cc(Cl)cc(Cl)c3)C2=O)cc(OC)c1. The smallest absolute Gasteiger partial charge is 0.282 e. The molecule has 2 amide bonds. The molecule has 0 fully saturated rings. The van der Waals surface area contributed by atoms with E-state index in [4.69, 9.17) is 32.7 Å². The molecule has 0 aromatic heterocycles. The Morgan fingerprint density at radius 1 is 0.781 bits per heavy atom. The maximum atomic E-state index is 13.5. The highest BCUT2D eigenvalue weighted by Gasteiger charge is 2.40. The van der Waals surface area contributed by atoms with Crippen LogP contribution in [0.1, 0.15) is 5.56 Å². The van der Waals surface area contributed by atoms with E-state index in [0.29, 0.717) is 32.8 Å². The third-order valence-electron chi connectivity index (χ3n) is 4.87. The van der Waals surface area contributed by atoms with Crippen LogP contribution in [0.25, 0.3) is 5.57 Å². The number of rotatable bonds is 6. The van der Waals surface area contributed by atoms with E-state index in [2.05, 4.69) is 5.32 Å². The fourth-order valence-electron chi connectivity index (χ4n) is 3.45. The molecule has 3 aromatic carbocycles. The minimum absolute atomic E-state index is 0.118. The van der Waals surface area contributed by atoms with E-state index in [0.717, 1.165) is 4.90 Å². The first-order valence-electron chi connectivity index (χ1n) is 9.56. The van der Waals surface area contributed by atoms with Gasteiger partial charge in [-0.1, -0.05) is 53.5 Å². The fourth-order valence-corrected chi connectivity index (χ4v) is 3.96. The van der Waals surface area contributed by atoms with Gasteiger partial charge in [0.15, 0.2) is 0 Å². The summed E-state index contributed by atoms with van der Waals surface area (Å²) in [7, 11) is 3.06. The van der Waals surface area contributed by atoms with Gasteiger partial charge >= 0.3 is 0 Å². The summed E-state index contributed by atoms with van der Waals surface area (Å²) < 4.78 is 10.6. The largest absolute Gasteiger partial charge is 0.497 e. The molecule has 4 rings (SSSR count). The molecule has 0 bridgehead atoms. The van der Waals surface area contributed by atoms with Crippen LogP contribution in [-0.2, 0) is 9.59 Å². The van der Waals surface area contributed by atoms with Crippen LogP contribution in [0.2, 0.25) is 10.0 Å². The molecule has 0 spiro atoms. The van der Waals surface area contributed by atoms with Gasteiger partial charge in [0.05, 0.1) is 25.5 Å². The van der Waals surface area contributed by atoms with Crippen LogP contribution < -0.4 is 19.7 Å². The molecule has 0 radical (unpaired) electrons. The number of nitrogens with one attached hydrogen (secondary N) is 1. The van der Waals surface area contributed by atoms with E-state index in [1.165, 1.54) is 32.4 Å². The number of carbonyl (C=O) groups excluding carboxylic acids is 2. The lowest BCUT2D eigenvalue weighted by atomic mass is 10.0. The van der Waals surface area contributed by atoms with Crippen LogP contribution in [-0.4, -0.2) is 26.0 Å². The molecule has 1 aliphatic heterocycles. The summed E-state index contributed by atoms with van der Waals surface area (Å²) in [6.07, 6.45) is 0. The summed E-state index contributed by atoms with van der Waals surface area (Å²) in [6, 6.07) is 18.6. The van der Waals surface area contributed by atoms with E-state index < -0.39 is 11.8 Å². The lowest BCUT2D eigenvalue weighted by molar-refractivity contribution is -0.120. The topological polar surface area (TPSA) is 67.9 Å². The van der Waals surface area contributed by atoms with Crippen molar-refractivity contribution in [2.45, 2.75) is 0 Å². The minimum Gasteiger partial charge on any atom is -0.497 e. The number of amides is 2. The van der Waals surface area contributed by atoms with Gasteiger partial charge in [0.1, 0.15) is 17.2 Å². The van der Waals surface area contributed by atoms with Gasteiger partial charge < -0.3 is 14.8 Å². The number of imide groups is 1. The summed E-state index contributed by atoms with van der Waals surface area (Å²) in [6.45, 7) is 0. The van der Waals surface area contributed by atoms with Crippen molar-refractivity contribution in [3.8, 4) is 11.5 Å². The van der Waals surface area contributed by atoms with Crippen molar-refractivity contribution in [2.75, 3.05) is 24.4 Å². The van der Waals surface area contributed by atoms with E-state index in [1.54, 1.807) is 42.5 Å². The Kier molecular flexibility index (Phi) is 6.08. The Morgan fingerprint density at radius 3 is 1.94 bits per heavy atom. The van der Waals surface area contributed by atoms with Crippen molar-refractivity contribution in [1.82, 2.24) is 0 Å². The monoisotopic (exact) mass is 468 g/mol. The first-order valence-corrected chi connectivity index (χ1v) is 10.3. The number of halogens is 2. The Bertz CT molecular complexity index is 1200. The molecule has 0 unspecified atom stereocenters. The maximum absolute atomic E-state index is 13.5. The zero-order valence-electron chi connectivity index (χ0n) is 17.2. The van der Waals surface area contributed by atoms with Gasteiger partial charge in [-0.15, -0.1) is 0 Å². The second kappa shape index (κ2) is 8.94. The number of hydrogen-bond donors (Lipinski definition) is 1. The Hall–Kier alpha value is -3.48. The number of anilines is 2. The summed E-state index contributed by atoms with van der Waals surface area (Å²) in [5.74, 6) is 0.0405. The van der Waals surface area contributed by atoms with E-state index in [9.17, 15) is 9.59 Å². The van der Waals surface area contributed by atoms with Gasteiger partial charge in [0.25, 0.3) is 11.8 Å². The summed E-state index contributed by atoms with van der Waals surface area (Å²) >= 11 is 12.2. The number of hydrogen-bond acceptors (Lipinski definition) is 5. The van der Waals surface area contributed by atoms with Gasteiger partial charge in [-0.25, -0.2) is 4.90 Å². The lowest BCUT2D eigenvalue weighted by Crippen LogP contribution is -2.32. The third kappa shape index (κ3) is 4.15. The molecule has 6 nitrogen and oxygen atoms in total. The van der Waals surface area contributed by atoms with Gasteiger partial charge in [-0.05, 0) is 23.8 Å². The fraction of sp³-hybridized carbons (Fsp3) is 0.0833. The van der Waals surface area contributed by atoms with Crippen molar-refractivity contribution >= 4 is 52.0 Å². The predicted molar refractivity (Wildman–Crippen MR) is 125 cm³/mol. The highest BCUT2D eigenvalue weighted by atomic mass is 35.5. The first-order chi connectivity index (χ1) is 15.4. The summed E-state index contributed by atoms with van der Waals surface area (Å²) in [4.78, 5) is 28.0. The van der Waals surface area contributed by atoms with Crippen molar-refractivity contribution in [3.63, 3.8) is 0 Å². The van der Waals surface area contributed by atoms with Crippen LogP contribution in [0, 0.1) is 0 Å². The Morgan fingerprint density at radius 2 is 1.38 bits per heavy atom. The van der Waals surface area contributed by atoms with Gasteiger partial charge in [-0.2, -0.15) is 0 Å². The highest BCUT2D eigenvalue weighted by molar-refractivity contribution is 6.46. The van der Waals surface area contributed by atoms with Crippen LogP contribution in [0.5, 0.6) is 11.5 Å². The number of benzene rings is 3. The molecule has 32 heavy (non-hydrogen) atoms. The summed E-state index contributed by atoms with van der Waals surface area (Å²) in [5, 5.41) is 3.72. The number of ether oxygens (including phenoxy) is 2. The summed E-state index contributed by atoms with van der Waals surface area (Å²) in [5.41, 5.74) is 1.75. The van der Waals surface area contributed by atoms with E-state index >= 15 is 0 Å². The zero-order chi connectivity index (χ0) is 22.8. The molecule has 1 aliphatic rings. The quantitative estimate of drug-likeness (QED) is 0.490. The molecule has 0 saturated carbocycles. The minimum atomic E-state index is -0.533. The average molecular weight is 469 g/mol. The molecule has 0 atom stereocenters. The number of carbonyl (C=O) groups is 2. The molecule has 0 aliphatic carbocycles. The van der Waals surface area contributed by atoms with Crippen molar-refractivity contribution in [3.05, 3.63) is 88.0 Å². The second-order valence-corrected chi connectivity index (χ2v) is 7.79. The van der Waals surface area contributed by atoms with Crippen LogP contribution in [0.4, 0.5) is 11.4 Å². The van der Waals surface area contributed by atoms with E-state index in [-0.39, 0.29) is 17.0 Å². The normalized spacial score (nSPS) is 13.6. The molecule has 1 heterocycles. The number of nitrogens with zero attached hydrogens (tertiary/aromatic N) is 1. The maximum Gasteiger partial charge on any atom is 0.282 e. The lowest BCUT2D eigenvalue weighted by Gasteiger charge is -2.16. The Balaban J connectivity index is 1.83. The van der Waals surface area contributed by atoms with Crippen LogP contribution in [0.15, 0.2) is 72.4 Å².